The number of amides is 1. The van der Waals surface area contributed by atoms with Crippen molar-refractivity contribution in [2.45, 2.75) is 33.1 Å². The first-order valence-corrected chi connectivity index (χ1v) is 11.3. The van der Waals surface area contributed by atoms with Crippen LogP contribution in [-0.2, 0) is 19.2 Å². The number of carbonyl (C=O) groups is 2. The second-order valence-corrected chi connectivity index (χ2v) is 10.3. The minimum atomic E-state index is -4.19. The van der Waals surface area contributed by atoms with E-state index in [9.17, 15) is 22.8 Å². The van der Waals surface area contributed by atoms with Gasteiger partial charge in [0, 0.05) is 30.5 Å². The molecule has 0 radical (unpaired) electrons. The fourth-order valence-corrected chi connectivity index (χ4v) is 6.77. The van der Waals surface area contributed by atoms with Gasteiger partial charge >= 0.3 is 5.63 Å². The maximum Gasteiger partial charge on any atom is 0.336 e. The molecule has 2 saturated carbocycles. The van der Waals surface area contributed by atoms with Crippen LogP contribution in [0.5, 0.6) is 0 Å². The zero-order chi connectivity index (χ0) is 21.9. The molecule has 0 spiro atoms. The smallest absolute Gasteiger partial charge is 0.336 e. The predicted octanol–water partition coefficient (Wildman–Crippen LogP) is 2.52. The Labute approximate surface area is 173 Å². The van der Waals surface area contributed by atoms with Crippen LogP contribution in [0.15, 0.2) is 39.5 Å². The van der Waals surface area contributed by atoms with Gasteiger partial charge in [0.15, 0.2) is 0 Å². The van der Waals surface area contributed by atoms with E-state index in [2.05, 4.69) is 0 Å². The van der Waals surface area contributed by atoms with Gasteiger partial charge in [0.1, 0.15) is 11.4 Å². The molecular formula is C21H23NO7S. The van der Waals surface area contributed by atoms with Gasteiger partial charge in [-0.1, -0.05) is 13.8 Å². The number of Topliss-reactive ketones (excluding diaryl/α,β-unsaturated/α-hetero) is 1. The first-order chi connectivity index (χ1) is 13.9. The van der Waals surface area contributed by atoms with Gasteiger partial charge in [0.25, 0.3) is 16.0 Å². The van der Waals surface area contributed by atoms with Crippen LogP contribution in [0.1, 0.15) is 43.5 Å². The van der Waals surface area contributed by atoms with E-state index in [4.69, 9.17) is 8.70 Å². The molecule has 2 aliphatic carbocycles. The Hall–Kier alpha value is -2.52. The molecule has 0 saturated heterocycles. The lowest BCUT2D eigenvalue weighted by Gasteiger charge is -2.36. The molecule has 2 aliphatic rings. The SMILES string of the molecule is CN(OS(=O)(=O)CC12CCC(CC1=O)C2(C)C)C(=O)c1ccc2oc(=O)ccc2c1. The fraction of sp³-hybridized carbons (Fsp3) is 0.476. The summed E-state index contributed by atoms with van der Waals surface area (Å²) in [6.45, 7) is 3.88. The Kier molecular flexibility index (Phi) is 4.66. The highest BCUT2D eigenvalue weighted by Crippen LogP contribution is 2.64. The molecule has 2 unspecified atom stereocenters. The summed E-state index contributed by atoms with van der Waals surface area (Å²) in [6, 6.07) is 7.11. The number of carbonyl (C=O) groups excluding carboxylic acids is 2. The van der Waals surface area contributed by atoms with E-state index in [0.717, 1.165) is 6.42 Å². The van der Waals surface area contributed by atoms with Crippen molar-refractivity contribution in [1.82, 2.24) is 5.06 Å². The first-order valence-electron chi connectivity index (χ1n) is 9.73. The molecule has 8 nitrogen and oxygen atoms in total. The Bertz CT molecular complexity index is 1210. The number of benzene rings is 1. The minimum Gasteiger partial charge on any atom is -0.423 e. The number of hydroxylamine groups is 2. The van der Waals surface area contributed by atoms with E-state index >= 15 is 0 Å². The quantitative estimate of drug-likeness (QED) is 0.526. The molecule has 160 valence electrons. The Morgan fingerprint density at radius 3 is 2.60 bits per heavy atom. The number of hydrogen-bond donors (Lipinski definition) is 0. The maximum absolute atomic E-state index is 12.8. The number of hydrogen-bond acceptors (Lipinski definition) is 7. The summed E-state index contributed by atoms with van der Waals surface area (Å²) in [5.41, 5.74) is -1.42. The van der Waals surface area contributed by atoms with Crippen molar-refractivity contribution < 1.29 is 26.7 Å². The van der Waals surface area contributed by atoms with Crippen LogP contribution in [0.3, 0.4) is 0 Å². The van der Waals surface area contributed by atoms with Crippen LogP contribution in [0.4, 0.5) is 0 Å². The molecule has 9 heteroatoms. The third kappa shape index (κ3) is 3.16. The van der Waals surface area contributed by atoms with E-state index in [1.54, 1.807) is 0 Å². The molecular weight excluding hydrogens is 410 g/mol. The predicted molar refractivity (Wildman–Crippen MR) is 108 cm³/mol. The molecule has 30 heavy (non-hydrogen) atoms. The molecule has 1 amide bonds. The highest BCUT2D eigenvalue weighted by molar-refractivity contribution is 7.86. The van der Waals surface area contributed by atoms with Gasteiger partial charge < -0.3 is 4.42 Å². The van der Waals surface area contributed by atoms with Crippen molar-refractivity contribution in [3.8, 4) is 0 Å². The van der Waals surface area contributed by atoms with Gasteiger partial charge in [0.2, 0.25) is 0 Å². The van der Waals surface area contributed by atoms with Crippen molar-refractivity contribution in [3.05, 3.63) is 46.3 Å². The lowest BCUT2D eigenvalue weighted by Crippen LogP contribution is -2.44. The van der Waals surface area contributed by atoms with Crippen molar-refractivity contribution >= 4 is 32.8 Å². The highest BCUT2D eigenvalue weighted by Gasteiger charge is 2.65. The van der Waals surface area contributed by atoms with Crippen molar-refractivity contribution in [3.63, 3.8) is 0 Å². The van der Waals surface area contributed by atoms with Gasteiger partial charge in [-0.2, -0.15) is 8.42 Å². The van der Waals surface area contributed by atoms with Crippen LogP contribution < -0.4 is 5.63 Å². The average molecular weight is 433 g/mol. The van der Waals surface area contributed by atoms with E-state index < -0.39 is 38.2 Å². The number of nitrogens with zero attached hydrogens (tertiary/aromatic N) is 1. The molecule has 1 heterocycles. The molecule has 2 atom stereocenters. The average Bonchev–Trinajstić information content (AvgIpc) is 3.00. The highest BCUT2D eigenvalue weighted by atomic mass is 32.2. The van der Waals surface area contributed by atoms with Gasteiger partial charge in [0.05, 0.1) is 11.2 Å². The zero-order valence-electron chi connectivity index (χ0n) is 17.0. The number of rotatable bonds is 5. The largest absolute Gasteiger partial charge is 0.423 e. The van der Waals surface area contributed by atoms with E-state index in [1.807, 2.05) is 13.8 Å². The summed E-state index contributed by atoms with van der Waals surface area (Å²) in [4.78, 5) is 36.6. The molecule has 4 rings (SSSR count). The summed E-state index contributed by atoms with van der Waals surface area (Å²) in [7, 11) is -2.97. The monoisotopic (exact) mass is 433 g/mol. The number of fused-ring (bicyclic) bond motifs is 3. The summed E-state index contributed by atoms with van der Waals surface area (Å²) >= 11 is 0. The van der Waals surface area contributed by atoms with Crippen LogP contribution in [0.2, 0.25) is 0 Å². The van der Waals surface area contributed by atoms with Crippen LogP contribution >= 0.6 is 0 Å². The zero-order valence-corrected chi connectivity index (χ0v) is 17.8. The van der Waals surface area contributed by atoms with Crippen molar-refractivity contribution in [1.29, 1.82) is 0 Å². The third-order valence-electron chi connectivity index (χ3n) is 6.94. The van der Waals surface area contributed by atoms with Gasteiger partial charge in [-0.25, -0.2) is 9.86 Å². The van der Waals surface area contributed by atoms with Crippen LogP contribution in [0.25, 0.3) is 11.0 Å². The third-order valence-corrected chi connectivity index (χ3v) is 8.24. The lowest BCUT2D eigenvalue weighted by molar-refractivity contribution is -0.128. The van der Waals surface area contributed by atoms with Gasteiger partial charge in [-0.3, -0.25) is 9.59 Å². The molecule has 0 N–H and O–H groups in total. The molecule has 2 bridgehead atoms. The fourth-order valence-electron chi connectivity index (χ4n) is 5.03. The maximum atomic E-state index is 12.8. The van der Waals surface area contributed by atoms with E-state index in [1.165, 1.54) is 37.4 Å². The summed E-state index contributed by atoms with van der Waals surface area (Å²) in [6.07, 6.45) is 1.72. The molecule has 2 aromatic rings. The first kappa shape index (κ1) is 20.7. The van der Waals surface area contributed by atoms with E-state index in [0.29, 0.717) is 28.9 Å². The van der Waals surface area contributed by atoms with Crippen LogP contribution in [-0.4, -0.2) is 38.0 Å². The standard InChI is InChI=1S/C21H23NO7S/c1-20(2)15-8-9-21(20,17(23)11-15)12-30(26,27)29-22(3)19(25)14-4-6-16-13(10-14)5-7-18(24)28-16/h4-7,10,15H,8-9,11-12H2,1-3H3. The topological polar surface area (TPSA) is 111 Å². The van der Waals surface area contributed by atoms with Gasteiger partial charge in [-0.05, 0) is 48.4 Å². The molecule has 2 fully saturated rings. The summed E-state index contributed by atoms with van der Waals surface area (Å²) in [5, 5.41) is 1.18. The van der Waals surface area contributed by atoms with Gasteiger partial charge in [-0.15, -0.1) is 4.28 Å². The second kappa shape index (κ2) is 6.75. The lowest BCUT2D eigenvalue weighted by atomic mass is 9.70. The van der Waals surface area contributed by atoms with Crippen LogP contribution in [0, 0.1) is 16.7 Å². The second-order valence-electron chi connectivity index (χ2n) is 8.75. The van der Waals surface area contributed by atoms with Crippen molar-refractivity contribution in [2.75, 3.05) is 12.8 Å². The normalized spacial score (nSPS) is 25.0. The summed E-state index contributed by atoms with van der Waals surface area (Å²) < 4.78 is 35.7. The molecule has 1 aromatic carbocycles. The Morgan fingerprint density at radius 2 is 1.97 bits per heavy atom. The molecule has 0 aliphatic heterocycles. The van der Waals surface area contributed by atoms with E-state index in [-0.39, 0.29) is 17.3 Å². The number of ketones is 1. The Morgan fingerprint density at radius 1 is 1.23 bits per heavy atom. The Balaban J connectivity index is 1.53. The molecule has 1 aromatic heterocycles. The minimum absolute atomic E-state index is 0.0408. The summed E-state index contributed by atoms with van der Waals surface area (Å²) in [5.74, 6) is -0.980. The van der Waals surface area contributed by atoms with Crippen molar-refractivity contribution in [2.24, 2.45) is 16.7 Å².